The van der Waals surface area contributed by atoms with Gasteiger partial charge in [-0.15, -0.1) is 0 Å². The molecule has 37 heavy (non-hydrogen) atoms. The van der Waals surface area contributed by atoms with E-state index in [0.717, 1.165) is 5.56 Å². The number of nitrogens with one attached hydrogen (secondary N) is 1. The van der Waals surface area contributed by atoms with E-state index >= 15 is 0 Å². The summed E-state index contributed by atoms with van der Waals surface area (Å²) in [6.45, 7) is 15.1. The number of ether oxygens (including phenoxy) is 4. The average molecular weight is 525 g/mol. The van der Waals surface area contributed by atoms with Crippen molar-refractivity contribution in [2.75, 3.05) is 13.3 Å². The van der Waals surface area contributed by atoms with Gasteiger partial charge in [-0.3, -0.25) is 4.79 Å². The van der Waals surface area contributed by atoms with E-state index in [1.807, 2.05) is 0 Å². The Balaban J connectivity index is 3.08. The van der Waals surface area contributed by atoms with Gasteiger partial charge in [-0.1, -0.05) is 12.1 Å². The number of amides is 1. The zero-order valence-electron chi connectivity index (χ0n) is 23.7. The topological polar surface area (TPSA) is 100 Å². The summed E-state index contributed by atoms with van der Waals surface area (Å²) in [5, 5.41) is 2.59. The van der Waals surface area contributed by atoms with Crippen molar-refractivity contribution in [2.24, 2.45) is 5.92 Å². The first-order valence-electron chi connectivity index (χ1n) is 12.6. The van der Waals surface area contributed by atoms with Gasteiger partial charge in [0.25, 0.3) is 0 Å². The van der Waals surface area contributed by atoms with Crippen molar-refractivity contribution in [1.82, 2.24) is 5.32 Å². The number of alkyl carbamates (subject to hydrolysis) is 1. The highest BCUT2D eigenvalue weighted by atomic mass is 18.2. The molecule has 1 rings (SSSR count). The van der Waals surface area contributed by atoms with Crippen molar-refractivity contribution < 1.29 is 37.7 Å². The van der Waals surface area contributed by atoms with E-state index in [9.17, 15) is 18.8 Å². The van der Waals surface area contributed by atoms with Gasteiger partial charge in [0.15, 0.2) is 0 Å². The Morgan fingerprint density at radius 2 is 1.30 bits per heavy atom. The molecule has 1 unspecified atom stereocenters. The third kappa shape index (κ3) is 14.5. The fourth-order valence-electron chi connectivity index (χ4n) is 3.29. The number of rotatable bonds is 11. The van der Waals surface area contributed by atoms with Crippen molar-refractivity contribution in [3.63, 3.8) is 0 Å². The molecule has 1 aromatic carbocycles. The SMILES string of the molecule is CC(C)(C)OC(=O)N[C@H](CCC(Cc1ccc(OCC[18F])cc1)C(=O)OC(C)(C)C)C(=O)OC(C)(C)C. The molecular formula is C28H44FNO7. The molecule has 0 aliphatic rings. The summed E-state index contributed by atoms with van der Waals surface area (Å²) in [5.41, 5.74) is -1.36. The van der Waals surface area contributed by atoms with E-state index in [2.05, 4.69) is 5.32 Å². The number of alkyl halides is 1. The number of hydrogen-bond acceptors (Lipinski definition) is 7. The molecule has 0 saturated carbocycles. The van der Waals surface area contributed by atoms with Crippen LogP contribution in [0.2, 0.25) is 0 Å². The second-order valence-corrected chi connectivity index (χ2v) is 11.9. The summed E-state index contributed by atoms with van der Waals surface area (Å²) in [4.78, 5) is 38.4. The minimum atomic E-state index is -1.02. The first-order chi connectivity index (χ1) is 16.9. The Morgan fingerprint density at radius 3 is 1.78 bits per heavy atom. The Bertz CT molecular complexity index is 880. The van der Waals surface area contributed by atoms with Gasteiger partial charge in [-0.2, -0.15) is 0 Å². The predicted octanol–water partition coefficient (Wildman–Crippen LogP) is 5.55. The molecule has 0 aliphatic heterocycles. The van der Waals surface area contributed by atoms with Crippen molar-refractivity contribution in [2.45, 2.75) is 104 Å². The van der Waals surface area contributed by atoms with Gasteiger partial charge < -0.3 is 24.3 Å². The quantitative estimate of drug-likeness (QED) is 0.299. The molecule has 1 amide bonds. The third-order valence-corrected chi connectivity index (χ3v) is 4.68. The van der Waals surface area contributed by atoms with Crippen molar-refractivity contribution in [1.29, 1.82) is 0 Å². The fourth-order valence-corrected chi connectivity index (χ4v) is 3.29. The highest BCUT2D eigenvalue weighted by molar-refractivity contribution is 5.82. The van der Waals surface area contributed by atoms with Crippen LogP contribution in [0.5, 0.6) is 5.75 Å². The number of hydrogen-bond donors (Lipinski definition) is 1. The molecule has 9 heteroatoms. The zero-order chi connectivity index (χ0) is 28.4. The van der Waals surface area contributed by atoms with E-state index in [1.54, 1.807) is 86.6 Å². The van der Waals surface area contributed by atoms with Crippen LogP contribution >= 0.6 is 0 Å². The molecule has 0 fully saturated rings. The molecule has 1 aromatic rings. The first-order valence-corrected chi connectivity index (χ1v) is 12.6. The molecule has 0 radical (unpaired) electrons. The van der Waals surface area contributed by atoms with Crippen molar-refractivity contribution in [3.05, 3.63) is 29.8 Å². The van der Waals surface area contributed by atoms with Crippen LogP contribution in [0.1, 0.15) is 80.7 Å². The lowest BCUT2D eigenvalue weighted by Crippen LogP contribution is -2.46. The van der Waals surface area contributed by atoms with Gasteiger partial charge in [-0.05, 0) is 99.3 Å². The molecule has 0 heterocycles. The standard InChI is InChI=1S/C28H44FNO7/c1-26(2,3)35-23(31)20(18-19-10-13-21(14-11-19)34-17-16-29)12-15-22(24(32)36-27(4,5)6)30-25(33)37-28(7,8)9/h10-11,13-14,20,22H,12,15-18H2,1-9H3,(H,30,33)/t20?,22-/m1/s1/i29-1. The van der Waals surface area contributed by atoms with Gasteiger partial charge in [0.05, 0.1) is 5.92 Å². The monoisotopic (exact) mass is 524 g/mol. The predicted molar refractivity (Wildman–Crippen MR) is 139 cm³/mol. The molecule has 0 saturated heterocycles. The average Bonchev–Trinajstić information content (AvgIpc) is 2.71. The Kier molecular flexibility index (Phi) is 11.9. The molecule has 1 N–H and O–H groups in total. The fraction of sp³-hybridized carbons (Fsp3) is 0.679. The van der Waals surface area contributed by atoms with Gasteiger partial charge in [-0.25, -0.2) is 14.0 Å². The van der Waals surface area contributed by atoms with E-state index in [0.29, 0.717) is 12.2 Å². The molecule has 0 spiro atoms. The van der Waals surface area contributed by atoms with Crippen LogP contribution in [0.25, 0.3) is 0 Å². The largest absolute Gasteiger partial charge is 0.491 e. The maximum atomic E-state index is 13.1. The lowest BCUT2D eigenvalue weighted by atomic mass is 9.92. The molecule has 8 nitrogen and oxygen atoms in total. The second kappa shape index (κ2) is 13.6. The van der Waals surface area contributed by atoms with Crippen molar-refractivity contribution >= 4 is 18.0 Å². The summed E-state index contributed by atoms with van der Waals surface area (Å²) < 4.78 is 34.1. The van der Waals surface area contributed by atoms with Crippen LogP contribution < -0.4 is 10.1 Å². The van der Waals surface area contributed by atoms with Crippen molar-refractivity contribution in [3.8, 4) is 5.75 Å². The number of esters is 2. The van der Waals surface area contributed by atoms with Gasteiger partial charge in [0.1, 0.15) is 41.9 Å². The first kappa shape index (κ1) is 32.2. The normalized spacial score (nSPS) is 13.8. The van der Waals surface area contributed by atoms with E-state index in [1.165, 1.54) is 0 Å². The van der Waals surface area contributed by atoms with Gasteiger partial charge in [0, 0.05) is 0 Å². The molecular weight excluding hydrogens is 480 g/mol. The molecule has 0 aromatic heterocycles. The summed E-state index contributed by atoms with van der Waals surface area (Å²) in [5.74, 6) is -1.09. The second-order valence-electron chi connectivity index (χ2n) is 11.9. The Hall–Kier alpha value is -2.84. The summed E-state index contributed by atoms with van der Waals surface area (Å²) in [7, 11) is 0. The summed E-state index contributed by atoms with van der Waals surface area (Å²) in [6.07, 6.45) is -0.0305. The number of carbonyl (C=O) groups is 3. The Morgan fingerprint density at radius 1 is 0.784 bits per heavy atom. The number of benzene rings is 1. The molecule has 0 bridgehead atoms. The van der Waals surface area contributed by atoms with Crippen LogP contribution in [0.15, 0.2) is 24.3 Å². The van der Waals surface area contributed by atoms with Gasteiger partial charge in [0.2, 0.25) is 0 Å². The molecule has 210 valence electrons. The van der Waals surface area contributed by atoms with E-state index in [-0.39, 0.29) is 19.4 Å². The van der Waals surface area contributed by atoms with Gasteiger partial charge >= 0.3 is 18.0 Å². The lowest BCUT2D eigenvalue weighted by molar-refractivity contribution is -0.162. The minimum absolute atomic E-state index is 0.0312. The highest BCUT2D eigenvalue weighted by Crippen LogP contribution is 2.23. The molecule has 2 atom stereocenters. The summed E-state index contributed by atoms with van der Waals surface area (Å²) >= 11 is 0. The van der Waals surface area contributed by atoms with Crippen LogP contribution in [-0.4, -0.2) is 54.2 Å². The van der Waals surface area contributed by atoms with Crippen LogP contribution in [-0.2, 0) is 30.2 Å². The maximum absolute atomic E-state index is 13.1. The minimum Gasteiger partial charge on any atom is -0.491 e. The lowest BCUT2D eigenvalue weighted by Gasteiger charge is -2.28. The van der Waals surface area contributed by atoms with Crippen LogP contribution in [0.3, 0.4) is 0 Å². The smallest absolute Gasteiger partial charge is 0.408 e. The number of halogens is 1. The van der Waals surface area contributed by atoms with E-state index < -0.39 is 53.5 Å². The van der Waals surface area contributed by atoms with E-state index in [4.69, 9.17) is 18.9 Å². The highest BCUT2D eigenvalue weighted by Gasteiger charge is 2.32. The molecule has 0 aliphatic carbocycles. The third-order valence-electron chi connectivity index (χ3n) is 4.68. The number of carbonyl (C=O) groups excluding carboxylic acids is 3. The zero-order valence-corrected chi connectivity index (χ0v) is 23.7. The van der Waals surface area contributed by atoms with Crippen LogP contribution in [0, 0.1) is 5.92 Å². The summed E-state index contributed by atoms with van der Waals surface area (Å²) in [6, 6.07) is 6.01. The Labute approximate surface area is 220 Å². The van der Waals surface area contributed by atoms with Crippen LogP contribution in [0.4, 0.5) is 9.18 Å². The maximum Gasteiger partial charge on any atom is 0.408 e.